The standard InChI is InChI=1S/C20H22F4N4O3/c1-11-5-16(28-27-11)18(2,12-3-4-12)26-17(29)14-6-15(31-10-20(22,23)24)13(7-25-14)19(21)8-30-9-19/h5-7,12H,3-4,8-10H2,1-2H3,(H,26,29)(H,27,28)/t18-/m1/s1. The van der Waals surface area contributed by atoms with Crippen LogP contribution in [0.3, 0.4) is 0 Å². The molecular weight excluding hydrogens is 420 g/mol. The van der Waals surface area contributed by atoms with Gasteiger partial charge >= 0.3 is 6.18 Å². The molecule has 1 saturated carbocycles. The molecule has 2 aromatic rings. The number of halogens is 4. The molecule has 0 radical (unpaired) electrons. The molecule has 1 aliphatic heterocycles. The summed E-state index contributed by atoms with van der Waals surface area (Å²) in [4.78, 5) is 17.0. The Balaban J connectivity index is 1.61. The number of amides is 1. The molecule has 1 aliphatic carbocycles. The summed E-state index contributed by atoms with van der Waals surface area (Å²) in [5, 5.41) is 10.0. The molecule has 4 rings (SSSR count). The quantitative estimate of drug-likeness (QED) is 0.643. The summed E-state index contributed by atoms with van der Waals surface area (Å²) in [6.07, 6.45) is -1.78. The van der Waals surface area contributed by atoms with Crippen molar-refractivity contribution in [3.8, 4) is 5.75 Å². The second kappa shape index (κ2) is 7.47. The van der Waals surface area contributed by atoms with Crippen LogP contribution in [0.1, 0.15) is 47.2 Å². The first-order chi connectivity index (χ1) is 14.5. The fraction of sp³-hybridized carbons (Fsp3) is 0.550. The highest BCUT2D eigenvalue weighted by Crippen LogP contribution is 2.45. The summed E-state index contributed by atoms with van der Waals surface area (Å²) in [5.74, 6) is -0.830. The average Bonchev–Trinajstić information content (AvgIpc) is 3.45. The molecule has 0 bridgehead atoms. The largest absolute Gasteiger partial charge is 0.484 e. The van der Waals surface area contributed by atoms with Crippen molar-refractivity contribution in [2.75, 3.05) is 19.8 Å². The van der Waals surface area contributed by atoms with Gasteiger partial charge in [0.25, 0.3) is 5.91 Å². The van der Waals surface area contributed by atoms with Gasteiger partial charge < -0.3 is 14.8 Å². The lowest BCUT2D eigenvalue weighted by Gasteiger charge is -2.35. The average molecular weight is 442 g/mol. The van der Waals surface area contributed by atoms with Crippen molar-refractivity contribution < 1.29 is 31.8 Å². The second-order valence-corrected chi connectivity index (χ2v) is 8.29. The maximum absolute atomic E-state index is 14.8. The van der Waals surface area contributed by atoms with Gasteiger partial charge in [-0.25, -0.2) is 4.39 Å². The van der Waals surface area contributed by atoms with Crippen LogP contribution in [0, 0.1) is 12.8 Å². The molecule has 0 aromatic carbocycles. The number of aromatic nitrogens is 3. The lowest BCUT2D eigenvalue weighted by Crippen LogP contribution is -2.46. The third kappa shape index (κ3) is 4.36. The fourth-order valence-electron chi connectivity index (χ4n) is 3.63. The molecule has 0 unspecified atom stereocenters. The Morgan fingerprint density at radius 2 is 2.06 bits per heavy atom. The van der Waals surface area contributed by atoms with Crippen molar-refractivity contribution in [3.05, 3.63) is 41.0 Å². The van der Waals surface area contributed by atoms with Crippen molar-refractivity contribution in [1.82, 2.24) is 20.5 Å². The van der Waals surface area contributed by atoms with Gasteiger partial charge in [-0.2, -0.15) is 18.3 Å². The molecular formula is C20H22F4N4O3. The van der Waals surface area contributed by atoms with Gasteiger partial charge in [0.1, 0.15) is 11.4 Å². The topological polar surface area (TPSA) is 89.1 Å². The van der Waals surface area contributed by atoms with Crippen LogP contribution in [0.5, 0.6) is 5.75 Å². The Hall–Kier alpha value is -2.69. The summed E-state index contributed by atoms with van der Waals surface area (Å²) in [6, 6.07) is 2.87. The van der Waals surface area contributed by atoms with Gasteiger partial charge in [-0.05, 0) is 38.7 Å². The summed E-state index contributed by atoms with van der Waals surface area (Å²) >= 11 is 0. The number of aromatic amines is 1. The number of alkyl halides is 4. The highest BCUT2D eigenvalue weighted by atomic mass is 19.4. The molecule has 1 amide bonds. The maximum Gasteiger partial charge on any atom is 0.422 e. The first-order valence-electron chi connectivity index (χ1n) is 9.82. The summed E-state index contributed by atoms with van der Waals surface area (Å²) in [7, 11) is 0. The van der Waals surface area contributed by atoms with E-state index < -0.39 is 29.9 Å². The number of ether oxygens (including phenoxy) is 2. The van der Waals surface area contributed by atoms with Crippen LogP contribution in [0.15, 0.2) is 18.3 Å². The van der Waals surface area contributed by atoms with Crippen molar-refractivity contribution in [2.24, 2.45) is 5.92 Å². The number of aryl methyl sites for hydroxylation is 1. The smallest absolute Gasteiger partial charge is 0.422 e. The minimum Gasteiger partial charge on any atom is -0.484 e. The van der Waals surface area contributed by atoms with Gasteiger partial charge in [0, 0.05) is 18.0 Å². The summed E-state index contributed by atoms with van der Waals surface area (Å²) in [6.45, 7) is 1.43. The van der Waals surface area contributed by atoms with Gasteiger partial charge in [0.05, 0.1) is 30.0 Å². The lowest BCUT2D eigenvalue weighted by molar-refractivity contribution is -0.156. The molecule has 2 aromatic heterocycles. The Kier molecular flexibility index (Phi) is 5.19. The number of nitrogens with one attached hydrogen (secondary N) is 2. The molecule has 2 aliphatic rings. The highest BCUT2D eigenvalue weighted by molar-refractivity contribution is 5.93. The molecule has 1 saturated heterocycles. The van der Waals surface area contributed by atoms with Crippen LogP contribution in [0.2, 0.25) is 0 Å². The Morgan fingerprint density at radius 1 is 1.35 bits per heavy atom. The van der Waals surface area contributed by atoms with Gasteiger partial charge in [0.2, 0.25) is 0 Å². The Bertz CT molecular complexity index is 985. The molecule has 31 heavy (non-hydrogen) atoms. The number of carbonyl (C=O) groups excluding carboxylic acids is 1. The fourth-order valence-corrected chi connectivity index (χ4v) is 3.63. The van der Waals surface area contributed by atoms with E-state index in [9.17, 15) is 22.4 Å². The summed E-state index contributed by atoms with van der Waals surface area (Å²) < 4.78 is 62.6. The van der Waals surface area contributed by atoms with Gasteiger partial charge in [-0.1, -0.05) is 0 Å². The van der Waals surface area contributed by atoms with E-state index in [2.05, 4.69) is 20.5 Å². The zero-order chi connectivity index (χ0) is 22.4. The van der Waals surface area contributed by atoms with E-state index in [0.29, 0.717) is 5.69 Å². The summed E-state index contributed by atoms with van der Waals surface area (Å²) in [5.41, 5.74) is -1.65. The molecule has 2 fully saturated rings. The van der Waals surface area contributed by atoms with Crippen LogP contribution in [0.25, 0.3) is 0 Å². The number of rotatable bonds is 7. The molecule has 2 N–H and O–H groups in total. The monoisotopic (exact) mass is 442 g/mol. The minimum absolute atomic E-state index is 0.167. The third-order valence-electron chi connectivity index (χ3n) is 5.64. The van der Waals surface area contributed by atoms with E-state index in [1.165, 1.54) is 0 Å². The van der Waals surface area contributed by atoms with Crippen molar-refractivity contribution in [3.63, 3.8) is 0 Å². The lowest BCUT2D eigenvalue weighted by atomic mass is 9.91. The van der Waals surface area contributed by atoms with Crippen molar-refractivity contribution in [1.29, 1.82) is 0 Å². The maximum atomic E-state index is 14.8. The first kappa shape index (κ1) is 21.5. The van der Waals surface area contributed by atoms with Crippen LogP contribution in [0.4, 0.5) is 17.6 Å². The molecule has 11 heteroatoms. The van der Waals surface area contributed by atoms with E-state index in [1.807, 2.05) is 19.9 Å². The predicted molar refractivity (Wildman–Crippen MR) is 100 cm³/mol. The molecule has 168 valence electrons. The number of hydrogen-bond donors (Lipinski definition) is 2. The first-order valence-corrected chi connectivity index (χ1v) is 9.82. The normalized spacial score (nSPS) is 19.9. The van der Waals surface area contributed by atoms with E-state index in [4.69, 9.17) is 9.47 Å². The van der Waals surface area contributed by atoms with Gasteiger partial charge in [0.15, 0.2) is 12.3 Å². The Morgan fingerprint density at radius 3 is 2.58 bits per heavy atom. The zero-order valence-corrected chi connectivity index (χ0v) is 17.0. The van der Waals surface area contributed by atoms with Crippen molar-refractivity contribution >= 4 is 5.91 Å². The predicted octanol–water partition coefficient (Wildman–Crippen LogP) is 3.30. The number of hydrogen-bond acceptors (Lipinski definition) is 5. The minimum atomic E-state index is -4.62. The number of H-pyrrole nitrogens is 1. The molecule has 3 heterocycles. The van der Waals surface area contributed by atoms with Crippen LogP contribution in [-0.4, -0.2) is 47.1 Å². The molecule has 7 nitrogen and oxygen atoms in total. The zero-order valence-electron chi connectivity index (χ0n) is 17.0. The van der Waals surface area contributed by atoms with Crippen LogP contribution in [-0.2, 0) is 15.9 Å². The number of nitrogens with zero attached hydrogens (tertiary/aromatic N) is 2. The SMILES string of the molecule is Cc1cc([C@](C)(NC(=O)c2cc(OCC(F)(F)F)c(C3(F)COC3)cn2)C2CC2)n[nH]1. The second-order valence-electron chi connectivity index (χ2n) is 8.29. The van der Waals surface area contributed by atoms with E-state index >= 15 is 0 Å². The van der Waals surface area contributed by atoms with Gasteiger partial charge in [-0.3, -0.25) is 14.9 Å². The Labute approximate surface area is 175 Å². The van der Waals surface area contributed by atoms with E-state index in [0.717, 1.165) is 30.8 Å². The third-order valence-corrected chi connectivity index (χ3v) is 5.64. The number of carbonyl (C=O) groups is 1. The van der Waals surface area contributed by atoms with Crippen LogP contribution >= 0.6 is 0 Å². The van der Waals surface area contributed by atoms with Crippen LogP contribution < -0.4 is 10.1 Å². The molecule has 0 spiro atoms. The van der Waals surface area contributed by atoms with E-state index in [-0.39, 0.29) is 36.1 Å². The van der Waals surface area contributed by atoms with Gasteiger partial charge in [-0.15, -0.1) is 0 Å². The molecule has 1 atom stereocenters. The highest BCUT2D eigenvalue weighted by Gasteiger charge is 2.47. The number of pyridine rings is 1. The van der Waals surface area contributed by atoms with Crippen molar-refractivity contribution in [2.45, 2.75) is 44.1 Å². The van der Waals surface area contributed by atoms with E-state index in [1.54, 1.807) is 0 Å².